The van der Waals surface area contributed by atoms with Crippen molar-refractivity contribution in [3.8, 4) is 0 Å². The lowest BCUT2D eigenvalue weighted by Crippen LogP contribution is -2.39. The van der Waals surface area contributed by atoms with Gasteiger partial charge in [0.25, 0.3) is 0 Å². The number of aliphatic hydroxyl groups is 1. The number of rotatable bonds is 9. The molecule has 2 amide bonds. The molecule has 1 saturated carbocycles. The minimum absolute atomic E-state index is 0.0635. The van der Waals surface area contributed by atoms with Gasteiger partial charge in [-0.2, -0.15) is 0 Å². The molecule has 2 aliphatic carbocycles. The van der Waals surface area contributed by atoms with Crippen LogP contribution in [-0.4, -0.2) is 50.9 Å². The molecule has 5 atom stereocenters. The summed E-state index contributed by atoms with van der Waals surface area (Å²) in [5, 5.41) is 13.0. The highest BCUT2D eigenvalue weighted by atomic mass is 16.5. The smallest absolute Gasteiger partial charge is 0.338 e. The van der Waals surface area contributed by atoms with Crippen LogP contribution in [0.25, 0.3) is 5.57 Å². The Morgan fingerprint density at radius 2 is 1.32 bits per heavy atom. The van der Waals surface area contributed by atoms with E-state index in [1.54, 1.807) is 54.9 Å². The molecule has 1 unspecified atom stereocenters. The summed E-state index contributed by atoms with van der Waals surface area (Å²) in [5.41, 5.74) is 3.64. The van der Waals surface area contributed by atoms with Crippen molar-refractivity contribution >= 4 is 23.4 Å². The lowest BCUT2D eigenvalue weighted by molar-refractivity contribution is -0.141. The largest absolute Gasteiger partial charge is 0.460 e. The Kier molecular flexibility index (Phi) is 8.01. The van der Waals surface area contributed by atoms with Crippen molar-refractivity contribution in [1.82, 2.24) is 14.9 Å². The van der Waals surface area contributed by atoms with Crippen molar-refractivity contribution in [3.63, 3.8) is 0 Å². The number of carbonyl (C=O) groups excluding carboxylic acids is 3. The Labute approximate surface area is 289 Å². The fourth-order valence-corrected chi connectivity index (χ4v) is 8.02. The zero-order valence-electron chi connectivity index (χ0n) is 27.0. The van der Waals surface area contributed by atoms with Gasteiger partial charge in [0, 0.05) is 29.8 Å². The Balaban J connectivity index is 1.25. The first-order chi connectivity index (χ1) is 24.5. The van der Waals surface area contributed by atoms with E-state index in [0.717, 1.165) is 16.7 Å². The van der Waals surface area contributed by atoms with Gasteiger partial charge in [-0.3, -0.25) is 24.5 Å². The number of hydrogen-bond donors (Lipinski definition) is 1. The summed E-state index contributed by atoms with van der Waals surface area (Å²) in [4.78, 5) is 52.1. The van der Waals surface area contributed by atoms with E-state index in [2.05, 4.69) is 4.98 Å². The second-order valence-corrected chi connectivity index (χ2v) is 12.7. The summed E-state index contributed by atoms with van der Waals surface area (Å²) in [5.74, 6) is -3.82. The number of fused-ring (bicyclic) bond motifs is 5. The minimum Gasteiger partial charge on any atom is -0.460 e. The van der Waals surface area contributed by atoms with Crippen molar-refractivity contribution in [3.05, 3.63) is 185 Å². The van der Waals surface area contributed by atoms with E-state index >= 15 is 0 Å². The Morgan fingerprint density at radius 1 is 0.720 bits per heavy atom. The van der Waals surface area contributed by atoms with Crippen LogP contribution >= 0.6 is 0 Å². The molecule has 2 aromatic heterocycles. The van der Waals surface area contributed by atoms with Crippen molar-refractivity contribution in [2.45, 2.75) is 5.60 Å². The topological polar surface area (TPSA) is 110 Å². The molecule has 0 radical (unpaired) electrons. The number of hydrogen-bond acceptors (Lipinski definition) is 7. The van der Waals surface area contributed by atoms with E-state index in [-0.39, 0.29) is 25.0 Å². The number of carbonyl (C=O) groups is 3. The number of likely N-dealkylation sites (tertiary alicyclic amines) is 1. The highest BCUT2D eigenvalue weighted by Crippen LogP contribution is 2.64. The third kappa shape index (κ3) is 5.07. The van der Waals surface area contributed by atoms with Gasteiger partial charge in [0.2, 0.25) is 11.8 Å². The van der Waals surface area contributed by atoms with Crippen molar-refractivity contribution in [2.75, 3.05) is 13.2 Å². The second kappa shape index (κ2) is 12.8. The zero-order valence-corrected chi connectivity index (χ0v) is 27.0. The highest BCUT2D eigenvalue weighted by molar-refractivity contribution is 6.08. The van der Waals surface area contributed by atoms with Crippen LogP contribution in [0.1, 0.15) is 32.9 Å². The van der Waals surface area contributed by atoms with Crippen LogP contribution in [0.5, 0.6) is 0 Å². The van der Waals surface area contributed by atoms with Gasteiger partial charge in [-0.1, -0.05) is 97.1 Å². The molecule has 8 nitrogen and oxygen atoms in total. The average Bonchev–Trinajstić information content (AvgIpc) is 3.79. The molecule has 0 spiro atoms. The summed E-state index contributed by atoms with van der Waals surface area (Å²) in [6, 6.07) is 38.9. The van der Waals surface area contributed by atoms with E-state index in [4.69, 9.17) is 9.72 Å². The maximum absolute atomic E-state index is 14.5. The summed E-state index contributed by atoms with van der Waals surface area (Å²) in [7, 11) is 0. The van der Waals surface area contributed by atoms with Crippen molar-refractivity contribution in [2.24, 2.45) is 23.7 Å². The van der Waals surface area contributed by atoms with Crippen LogP contribution in [0.2, 0.25) is 0 Å². The first-order valence-corrected chi connectivity index (χ1v) is 16.7. The van der Waals surface area contributed by atoms with Gasteiger partial charge in [0.1, 0.15) is 6.61 Å². The first-order valence-electron chi connectivity index (χ1n) is 16.7. The Hall–Kier alpha value is -5.99. The molecule has 3 heterocycles. The third-order valence-corrected chi connectivity index (χ3v) is 10.1. The summed E-state index contributed by atoms with van der Waals surface area (Å²) in [6.45, 7) is -0.194. The zero-order chi connectivity index (χ0) is 34.2. The monoisotopic (exact) mass is 659 g/mol. The second-order valence-electron chi connectivity index (χ2n) is 12.7. The van der Waals surface area contributed by atoms with Gasteiger partial charge in [-0.25, -0.2) is 4.79 Å². The number of aromatic nitrogens is 2. The van der Waals surface area contributed by atoms with Crippen LogP contribution in [0.3, 0.4) is 0 Å². The number of amides is 2. The van der Waals surface area contributed by atoms with Crippen LogP contribution in [0.15, 0.2) is 157 Å². The summed E-state index contributed by atoms with van der Waals surface area (Å²) >= 11 is 0. The van der Waals surface area contributed by atoms with E-state index in [0.29, 0.717) is 28.1 Å². The average molecular weight is 660 g/mol. The molecule has 1 saturated heterocycles. The van der Waals surface area contributed by atoms with Gasteiger partial charge in [-0.05, 0) is 58.7 Å². The van der Waals surface area contributed by atoms with Crippen LogP contribution in [0.4, 0.5) is 0 Å². The third-order valence-electron chi connectivity index (χ3n) is 10.1. The molecule has 2 fully saturated rings. The molecule has 8 heteroatoms. The quantitative estimate of drug-likeness (QED) is 0.120. The first kappa shape index (κ1) is 31.3. The number of imide groups is 1. The molecule has 1 aliphatic heterocycles. The Bertz CT molecular complexity index is 2040. The molecule has 246 valence electrons. The maximum atomic E-state index is 14.5. The van der Waals surface area contributed by atoms with Gasteiger partial charge < -0.3 is 9.84 Å². The lowest BCUT2D eigenvalue weighted by Gasteiger charge is -2.36. The SMILES string of the molecule is O=C(OCCN1C(=O)[C@@H]2[C@@H]3C(C(O)(c4ccccc4)c4ccccn4)=C[C@@H](C3=C(c3ccccc3)c3ccccn3)[C@@H]2C1=O)c1ccccc1. The number of allylic oxidation sites excluding steroid dienone is 2. The number of pyridine rings is 2. The van der Waals surface area contributed by atoms with E-state index in [1.165, 1.54) is 4.90 Å². The summed E-state index contributed by atoms with van der Waals surface area (Å²) in [6.07, 6.45) is 5.36. The Morgan fingerprint density at radius 3 is 1.96 bits per heavy atom. The number of nitrogens with zero attached hydrogens (tertiary/aromatic N) is 3. The fraction of sp³-hybridized carbons (Fsp3) is 0.167. The summed E-state index contributed by atoms with van der Waals surface area (Å²) < 4.78 is 5.48. The van der Waals surface area contributed by atoms with Crippen LogP contribution in [-0.2, 0) is 19.9 Å². The maximum Gasteiger partial charge on any atom is 0.338 e. The lowest BCUT2D eigenvalue weighted by atomic mass is 9.71. The number of esters is 1. The number of benzene rings is 3. The molecule has 3 aromatic carbocycles. The van der Waals surface area contributed by atoms with Gasteiger partial charge in [0.05, 0.1) is 35.3 Å². The number of ether oxygens (including phenoxy) is 1. The van der Waals surface area contributed by atoms with E-state index < -0.39 is 35.2 Å². The molecule has 8 rings (SSSR count). The predicted molar refractivity (Wildman–Crippen MR) is 186 cm³/mol. The molecule has 50 heavy (non-hydrogen) atoms. The van der Waals surface area contributed by atoms with E-state index in [9.17, 15) is 19.5 Å². The molecule has 2 bridgehead atoms. The van der Waals surface area contributed by atoms with E-state index in [1.807, 2.05) is 91.0 Å². The standard InChI is InChI=1S/C42H33N3O5/c46-39-36-30-26-31(42(49,29-18-8-3-9-19-29)33-21-11-13-23-44-33)37(35(30)34(27-14-4-1-5-15-27)32-20-10-12-22-43-32)38(36)40(47)45(39)24-25-50-41(48)28-16-6-2-7-17-28/h1-23,26,30,36-38,49H,24-25H2/t30-,36-,37+,38-,42?/m0/s1. The van der Waals surface area contributed by atoms with Crippen molar-refractivity contribution in [1.29, 1.82) is 0 Å². The molecule has 1 N–H and O–H groups in total. The highest BCUT2D eigenvalue weighted by Gasteiger charge is 2.66. The molecular weight excluding hydrogens is 626 g/mol. The predicted octanol–water partition coefficient (Wildman–Crippen LogP) is 5.86. The van der Waals surface area contributed by atoms with Gasteiger partial charge >= 0.3 is 5.97 Å². The van der Waals surface area contributed by atoms with Crippen LogP contribution in [0, 0.1) is 23.7 Å². The molecule has 5 aromatic rings. The van der Waals surface area contributed by atoms with Crippen LogP contribution < -0.4 is 0 Å². The minimum atomic E-state index is -1.70. The van der Waals surface area contributed by atoms with Gasteiger partial charge in [0.15, 0.2) is 5.60 Å². The van der Waals surface area contributed by atoms with Gasteiger partial charge in [-0.15, -0.1) is 0 Å². The molecular formula is C42H33N3O5. The normalized spacial score (nSPS) is 22.9. The molecule has 3 aliphatic rings. The van der Waals surface area contributed by atoms with Crippen molar-refractivity contribution < 1.29 is 24.2 Å². The fourth-order valence-electron chi connectivity index (χ4n) is 8.02.